The Balaban J connectivity index is 0.00000342. The Morgan fingerprint density at radius 1 is 0.730 bits per heavy atom. The molecule has 1 aromatic heterocycles. The van der Waals surface area contributed by atoms with Gasteiger partial charge in [-0.25, -0.2) is 0 Å². The van der Waals surface area contributed by atoms with Gasteiger partial charge in [0, 0.05) is 0 Å². The van der Waals surface area contributed by atoms with Crippen LogP contribution in [0.5, 0.6) is 23.0 Å². The normalized spacial score (nSPS) is 11.0. The Bertz CT molecular complexity index is 1080. The van der Waals surface area contributed by atoms with E-state index >= 15 is 0 Å². The van der Waals surface area contributed by atoms with Crippen molar-refractivity contribution in [3.63, 3.8) is 0 Å². The molecule has 0 aliphatic rings. The van der Waals surface area contributed by atoms with Gasteiger partial charge in [-0.2, -0.15) is 0 Å². The quantitative estimate of drug-likeness (QED) is 0.229. The average Bonchev–Trinajstić information content (AvgIpc) is 3.28. The van der Waals surface area contributed by atoms with Crippen molar-refractivity contribution < 1.29 is 34.3 Å². The zero-order valence-electron chi connectivity index (χ0n) is 23.0. The predicted octanol–water partition coefficient (Wildman–Crippen LogP) is 8.74. The van der Waals surface area contributed by atoms with Crippen LogP contribution in [-0.2, 0) is 29.0 Å². The molecule has 0 amide bonds. The molecule has 0 saturated heterocycles. The first-order valence-corrected chi connectivity index (χ1v) is 15.2. The van der Waals surface area contributed by atoms with Crippen LogP contribution in [0.3, 0.4) is 0 Å². The van der Waals surface area contributed by atoms with Crippen LogP contribution in [0.4, 0.5) is 0 Å². The molecule has 0 bridgehead atoms. The smallest absolute Gasteiger partial charge is 0.147 e. The Labute approximate surface area is 245 Å². The summed E-state index contributed by atoms with van der Waals surface area (Å²) in [6.07, 6.45) is 0. The number of hydrogen-bond acceptors (Lipinski definition) is 5. The molecule has 0 atom stereocenters. The van der Waals surface area contributed by atoms with Gasteiger partial charge < -0.3 is 0 Å². The van der Waals surface area contributed by atoms with E-state index in [1.807, 2.05) is 38.1 Å². The van der Waals surface area contributed by atoms with Gasteiger partial charge in [0.15, 0.2) is 0 Å². The molecule has 0 saturated carbocycles. The molecule has 2 aromatic carbocycles. The van der Waals surface area contributed by atoms with Gasteiger partial charge in [0.2, 0.25) is 0 Å². The van der Waals surface area contributed by atoms with E-state index < -0.39 is 18.2 Å². The maximum absolute atomic E-state index is 6.74. The van der Waals surface area contributed by atoms with Crippen LogP contribution >= 0.6 is 36.2 Å². The van der Waals surface area contributed by atoms with Gasteiger partial charge in [-0.1, -0.05) is 0 Å². The molecule has 37 heavy (non-hydrogen) atoms. The van der Waals surface area contributed by atoms with E-state index in [2.05, 4.69) is 75.5 Å². The fourth-order valence-corrected chi connectivity index (χ4v) is 6.92. The molecule has 3 aromatic rings. The molecule has 0 radical (unpaired) electrons. The van der Waals surface area contributed by atoms with E-state index in [-0.39, 0.29) is 35.6 Å². The van der Waals surface area contributed by atoms with E-state index in [1.165, 1.54) is 0 Å². The number of rotatable bonds is 9. The van der Waals surface area contributed by atoms with Gasteiger partial charge in [-0.15, -0.1) is 24.8 Å². The Morgan fingerprint density at radius 3 is 1.54 bits per heavy atom. The summed E-state index contributed by atoms with van der Waals surface area (Å²) in [5.74, 6) is 3.42. The second kappa shape index (κ2) is 14.6. The van der Waals surface area contributed by atoms with Crippen molar-refractivity contribution in [1.29, 1.82) is 0 Å². The summed E-state index contributed by atoms with van der Waals surface area (Å²) in [7, 11) is 0. The number of hydrogen-bond donors (Lipinski definition) is 0. The maximum Gasteiger partial charge on any atom is -0.147 e. The topological polar surface area (TPSA) is 36.9 Å². The van der Waals surface area contributed by atoms with Gasteiger partial charge in [0.05, 0.1) is 0 Å². The molecule has 204 valence electrons. The van der Waals surface area contributed by atoms with Gasteiger partial charge in [-0.05, 0) is 0 Å². The van der Waals surface area contributed by atoms with Crippen LogP contribution in [-0.4, -0.2) is 17.5 Å². The van der Waals surface area contributed by atoms with E-state index in [4.69, 9.17) is 16.1 Å². The Hall–Kier alpha value is -1.50. The van der Waals surface area contributed by atoms with Crippen LogP contribution in [0.2, 0.25) is 0 Å². The zero-order chi connectivity index (χ0) is 25.6. The average molecular weight is 603 g/mol. The summed E-state index contributed by atoms with van der Waals surface area (Å²) in [5, 5.41) is 2.08. The minimum absolute atomic E-state index is 0. The molecule has 0 aliphatic carbocycles. The van der Waals surface area contributed by atoms with Crippen molar-refractivity contribution in [2.75, 3.05) is 13.2 Å². The summed E-state index contributed by atoms with van der Waals surface area (Å²) in [6.45, 7) is 18.4. The molecule has 3 rings (SSSR count). The van der Waals surface area contributed by atoms with Gasteiger partial charge in [0.1, 0.15) is 0 Å². The van der Waals surface area contributed by atoms with Gasteiger partial charge in [0.25, 0.3) is 0 Å². The third kappa shape index (κ3) is 9.64. The molecule has 0 N–H and O–H groups in total. The Kier molecular flexibility index (Phi) is 13.2. The first kappa shape index (κ1) is 33.5. The van der Waals surface area contributed by atoms with Crippen LogP contribution in [0.1, 0.15) is 71.4 Å². The van der Waals surface area contributed by atoms with Crippen LogP contribution in [0.15, 0.2) is 53.9 Å². The third-order valence-corrected chi connectivity index (χ3v) is 8.68. The number of ether oxygens (including phenoxy) is 2. The molecule has 4 nitrogen and oxygen atoms in total. The van der Waals surface area contributed by atoms with Crippen molar-refractivity contribution >= 4 is 40.5 Å². The number of thiophene rings is 1. The van der Waals surface area contributed by atoms with E-state index in [1.54, 1.807) is 11.3 Å². The number of benzene rings is 2. The third-order valence-electron chi connectivity index (χ3n) is 5.36. The van der Waals surface area contributed by atoms with Crippen molar-refractivity contribution in [3.8, 4) is 23.0 Å². The fraction of sp³-hybridized carbons (Fsp3) is 0.414. The molecule has 0 aliphatic heterocycles. The predicted molar refractivity (Wildman–Crippen MR) is 158 cm³/mol. The maximum atomic E-state index is 6.74. The van der Waals surface area contributed by atoms with Crippen molar-refractivity contribution in [3.05, 3.63) is 69.9 Å². The van der Waals surface area contributed by atoms with Crippen molar-refractivity contribution in [2.24, 2.45) is 0 Å². The molecular weight excluding hydrogens is 563 g/mol. The zero-order valence-corrected chi connectivity index (χ0v) is 27.1. The fourth-order valence-electron chi connectivity index (χ4n) is 3.67. The largest absolute Gasteiger partial charge is 0.147 e. The van der Waals surface area contributed by atoms with Crippen LogP contribution in [0.25, 0.3) is 0 Å². The van der Waals surface area contributed by atoms with Crippen LogP contribution in [0, 0.1) is 0 Å². The molecule has 8 heteroatoms. The summed E-state index contributed by atoms with van der Waals surface area (Å²) in [4.78, 5) is 1.16. The van der Waals surface area contributed by atoms with Crippen molar-refractivity contribution in [2.45, 2.75) is 66.2 Å². The molecule has 0 spiro atoms. The minimum Gasteiger partial charge on any atom is -0.147 e. The second-order valence-corrected chi connectivity index (χ2v) is 13.4. The molecule has 1 heterocycles. The first-order chi connectivity index (χ1) is 16.5. The summed E-state index contributed by atoms with van der Waals surface area (Å²) >= 11 is -0.988. The minimum atomic E-state index is -2.68. The Morgan fingerprint density at radius 2 is 1.19 bits per heavy atom. The van der Waals surface area contributed by atoms with E-state index in [0.29, 0.717) is 13.2 Å². The second-order valence-electron chi connectivity index (χ2n) is 10.4. The molecule has 0 fully saturated rings. The van der Waals surface area contributed by atoms with Gasteiger partial charge >= 0.3 is 222 Å². The van der Waals surface area contributed by atoms with Gasteiger partial charge in [-0.3, -0.25) is 0 Å². The molecule has 0 unspecified atom stereocenters. The standard InChI is InChI=1S/2C12H18O2.C5H4S.2ClH.Ti/c2*1-5-14-9-6-7-11(13)10(8-9)12(2,3)4;1-5-3-2-4-6-5;;;/h2*6-8,13H,5H2,1-4H3;1-4H;2*1H;/q;;;;;+2/p-2. The SMILES string of the molecule is CCOc1ccc([O][Ti](=[CH]c2cccs2)[O]c2ccc(OCC)cc2C(C)(C)C)c(C(C)(C)C)c1.Cl.Cl. The monoisotopic (exact) mass is 602 g/mol. The molecular formula is C29H40Cl2O4STi. The number of halogens is 2. The van der Waals surface area contributed by atoms with Crippen LogP contribution < -0.4 is 16.1 Å². The van der Waals surface area contributed by atoms with E-state index in [0.717, 1.165) is 39.0 Å². The summed E-state index contributed by atoms with van der Waals surface area (Å²) < 4.78 is 27.2. The summed E-state index contributed by atoms with van der Waals surface area (Å²) in [6, 6.07) is 16.4. The summed E-state index contributed by atoms with van der Waals surface area (Å²) in [5.41, 5.74) is 2.01. The van der Waals surface area contributed by atoms with Crippen molar-refractivity contribution in [1.82, 2.24) is 0 Å². The van der Waals surface area contributed by atoms with E-state index in [9.17, 15) is 0 Å². The first-order valence-electron chi connectivity index (χ1n) is 12.2.